The number of anilines is 1. The number of nitrogens with one attached hydrogen (secondary N) is 1. The van der Waals surface area contributed by atoms with Crippen LogP contribution >= 0.6 is 0 Å². The highest BCUT2D eigenvalue weighted by Crippen LogP contribution is 2.20. The molecule has 0 spiro atoms. The lowest BCUT2D eigenvalue weighted by atomic mass is 10.2. The van der Waals surface area contributed by atoms with E-state index in [2.05, 4.69) is 10.3 Å². The second-order valence-electron chi connectivity index (χ2n) is 4.08. The molecule has 1 amide bonds. The topological polar surface area (TPSA) is 75.0 Å². The van der Waals surface area contributed by atoms with Gasteiger partial charge in [0.25, 0.3) is 5.91 Å². The van der Waals surface area contributed by atoms with Gasteiger partial charge >= 0.3 is 0 Å². The van der Waals surface area contributed by atoms with E-state index < -0.39 is 6.10 Å². The van der Waals surface area contributed by atoms with Crippen LogP contribution < -0.4 is 5.32 Å². The van der Waals surface area contributed by atoms with Gasteiger partial charge in [-0.15, -0.1) is 0 Å². The average molecular weight is 231 g/mol. The Morgan fingerprint density at radius 1 is 1.59 bits per heavy atom. The third-order valence-corrected chi connectivity index (χ3v) is 2.66. The van der Waals surface area contributed by atoms with Gasteiger partial charge in [0.2, 0.25) is 0 Å². The quantitative estimate of drug-likeness (QED) is 0.836. The van der Waals surface area contributed by atoms with Crippen LogP contribution in [0.3, 0.4) is 0 Å². The predicted octanol–water partition coefficient (Wildman–Crippen LogP) is 1.46. The van der Waals surface area contributed by atoms with Crippen molar-refractivity contribution in [3.63, 3.8) is 0 Å². The van der Waals surface area contributed by atoms with Crippen LogP contribution in [0.2, 0.25) is 0 Å². The zero-order valence-electron chi connectivity index (χ0n) is 9.51. The predicted molar refractivity (Wildman–Crippen MR) is 61.2 cm³/mol. The fourth-order valence-corrected chi connectivity index (χ4v) is 1.79. The lowest BCUT2D eigenvalue weighted by Gasteiger charge is -2.11. The summed E-state index contributed by atoms with van der Waals surface area (Å²) in [6.45, 7) is 1.95. The van der Waals surface area contributed by atoms with Gasteiger partial charge in [0.05, 0.1) is 23.6 Å². The SMILES string of the molecule is CC1CCC(C(=O)Nc2cncc(C#N)c2)O1. The van der Waals surface area contributed by atoms with Gasteiger partial charge in [0, 0.05) is 6.20 Å². The normalized spacial score (nSPS) is 23.1. The Morgan fingerprint density at radius 3 is 3.06 bits per heavy atom. The molecule has 0 saturated carbocycles. The highest BCUT2D eigenvalue weighted by atomic mass is 16.5. The number of hydrogen-bond acceptors (Lipinski definition) is 4. The average Bonchev–Trinajstić information content (AvgIpc) is 2.76. The Hall–Kier alpha value is -1.93. The van der Waals surface area contributed by atoms with Gasteiger partial charge in [-0.25, -0.2) is 0 Å². The summed E-state index contributed by atoms with van der Waals surface area (Å²) in [5.41, 5.74) is 0.945. The van der Waals surface area contributed by atoms with E-state index in [0.29, 0.717) is 11.3 Å². The zero-order chi connectivity index (χ0) is 12.3. The first-order chi connectivity index (χ1) is 8.19. The number of hydrogen-bond donors (Lipinski definition) is 1. The molecule has 1 fully saturated rings. The molecule has 2 unspecified atom stereocenters. The summed E-state index contributed by atoms with van der Waals surface area (Å²) in [5.74, 6) is -0.175. The number of pyridine rings is 1. The smallest absolute Gasteiger partial charge is 0.253 e. The molecule has 2 rings (SSSR count). The summed E-state index contributed by atoms with van der Waals surface area (Å²) in [6, 6.07) is 3.56. The van der Waals surface area contributed by atoms with Gasteiger partial charge in [0.15, 0.2) is 0 Å². The van der Waals surface area contributed by atoms with E-state index in [9.17, 15) is 4.79 Å². The lowest BCUT2D eigenvalue weighted by Crippen LogP contribution is -2.27. The van der Waals surface area contributed by atoms with E-state index in [-0.39, 0.29) is 12.0 Å². The lowest BCUT2D eigenvalue weighted by molar-refractivity contribution is -0.126. The third kappa shape index (κ3) is 2.80. The second kappa shape index (κ2) is 4.93. The monoisotopic (exact) mass is 231 g/mol. The molecule has 0 aromatic carbocycles. The maximum atomic E-state index is 11.8. The highest BCUT2D eigenvalue weighted by molar-refractivity contribution is 5.94. The summed E-state index contributed by atoms with van der Waals surface area (Å²) in [5, 5.41) is 11.4. The molecule has 1 aromatic heterocycles. The molecule has 5 nitrogen and oxygen atoms in total. The fraction of sp³-hybridized carbons (Fsp3) is 0.417. The molecule has 17 heavy (non-hydrogen) atoms. The van der Waals surface area contributed by atoms with Crippen LogP contribution in [-0.2, 0) is 9.53 Å². The number of aromatic nitrogens is 1. The van der Waals surface area contributed by atoms with E-state index >= 15 is 0 Å². The first-order valence-corrected chi connectivity index (χ1v) is 5.50. The minimum Gasteiger partial charge on any atom is -0.365 e. The Morgan fingerprint density at radius 2 is 2.41 bits per heavy atom. The van der Waals surface area contributed by atoms with Crippen LogP contribution in [0.25, 0.3) is 0 Å². The molecule has 1 aliphatic rings. The van der Waals surface area contributed by atoms with Crippen molar-refractivity contribution in [2.75, 3.05) is 5.32 Å². The van der Waals surface area contributed by atoms with Crippen LogP contribution in [-0.4, -0.2) is 23.1 Å². The third-order valence-electron chi connectivity index (χ3n) is 2.66. The number of amides is 1. The van der Waals surface area contributed by atoms with E-state index in [1.54, 1.807) is 6.07 Å². The molecule has 1 aliphatic heterocycles. The molecule has 1 aromatic rings. The standard InChI is InChI=1S/C12H13N3O2/c1-8-2-3-11(17-8)12(16)15-10-4-9(5-13)6-14-7-10/h4,6-8,11H,2-3H2,1H3,(H,15,16). The van der Waals surface area contributed by atoms with Crippen LogP contribution in [0.5, 0.6) is 0 Å². The van der Waals surface area contributed by atoms with Crippen molar-refractivity contribution < 1.29 is 9.53 Å². The molecular formula is C12H13N3O2. The number of rotatable bonds is 2. The van der Waals surface area contributed by atoms with Crippen molar-refractivity contribution >= 4 is 11.6 Å². The van der Waals surface area contributed by atoms with Gasteiger partial charge in [-0.1, -0.05) is 0 Å². The number of ether oxygens (including phenoxy) is 1. The van der Waals surface area contributed by atoms with Crippen molar-refractivity contribution in [1.82, 2.24) is 4.98 Å². The van der Waals surface area contributed by atoms with E-state index in [0.717, 1.165) is 12.8 Å². The molecule has 88 valence electrons. The Kier molecular flexibility index (Phi) is 3.35. The molecule has 0 radical (unpaired) electrons. The minimum atomic E-state index is -0.393. The number of nitrogens with zero attached hydrogens (tertiary/aromatic N) is 2. The Bertz CT molecular complexity index is 467. The van der Waals surface area contributed by atoms with Crippen LogP contribution in [0.15, 0.2) is 18.5 Å². The molecule has 1 saturated heterocycles. The van der Waals surface area contributed by atoms with Gasteiger partial charge in [0.1, 0.15) is 12.2 Å². The number of carbonyl (C=O) groups is 1. The molecule has 0 bridgehead atoms. The maximum absolute atomic E-state index is 11.8. The fourth-order valence-electron chi connectivity index (χ4n) is 1.79. The van der Waals surface area contributed by atoms with Gasteiger partial charge in [-0.3, -0.25) is 9.78 Å². The summed E-state index contributed by atoms with van der Waals surface area (Å²) >= 11 is 0. The largest absolute Gasteiger partial charge is 0.365 e. The molecule has 5 heteroatoms. The summed E-state index contributed by atoms with van der Waals surface area (Å²) < 4.78 is 5.45. The zero-order valence-corrected chi connectivity index (χ0v) is 9.51. The van der Waals surface area contributed by atoms with Crippen molar-refractivity contribution in [1.29, 1.82) is 5.26 Å². The summed E-state index contributed by atoms with van der Waals surface area (Å²) in [6.07, 6.45) is 4.33. The van der Waals surface area contributed by atoms with Crippen LogP contribution in [0.1, 0.15) is 25.3 Å². The molecular weight excluding hydrogens is 218 g/mol. The van der Waals surface area contributed by atoms with Crippen molar-refractivity contribution in [2.45, 2.75) is 32.0 Å². The van der Waals surface area contributed by atoms with Crippen molar-refractivity contribution in [2.24, 2.45) is 0 Å². The maximum Gasteiger partial charge on any atom is 0.253 e. The number of nitriles is 1. The van der Waals surface area contributed by atoms with E-state index in [4.69, 9.17) is 10.00 Å². The highest BCUT2D eigenvalue weighted by Gasteiger charge is 2.28. The number of carbonyl (C=O) groups excluding carboxylic acids is 1. The summed E-state index contributed by atoms with van der Waals surface area (Å²) in [7, 11) is 0. The molecule has 2 heterocycles. The van der Waals surface area contributed by atoms with Crippen LogP contribution in [0, 0.1) is 11.3 Å². The first-order valence-electron chi connectivity index (χ1n) is 5.50. The Balaban J connectivity index is 2.01. The molecule has 1 N–H and O–H groups in total. The summed E-state index contributed by atoms with van der Waals surface area (Å²) in [4.78, 5) is 15.7. The van der Waals surface area contributed by atoms with Gasteiger partial charge < -0.3 is 10.1 Å². The van der Waals surface area contributed by atoms with Crippen molar-refractivity contribution in [3.8, 4) is 6.07 Å². The minimum absolute atomic E-state index is 0.134. The van der Waals surface area contributed by atoms with E-state index in [1.165, 1.54) is 12.4 Å². The Labute approximate surface area is 99.4 Å². The van der Waals surface area contributed by atoms with Gasteiger partial charge in [-0.05, 0) is 25.8 Å². The first kappa shape index (κ1) is 11.6. The molecule has 0 aliphatic carbocycles. The molecule has 2 atom stereocenters. The second-order valence-corrected chi connectivity index (χ2v) is 4.08. The van der Waals surface area contributed by atoms with Crippen LogP contribution in [0.4, 0.5) is 5.69 Å². The van der Waals surface area contributed by atoms with Crippen molar-refractivity contribution in [3.05, 3.63) is 24.0 Å². The van der Waals surface area contributed by atoms with E-state index in [1.807, 2.05) is 13.0 Å². The van der Waals surface area contributed by atoms with Gasteiger partial charge in [-0.2, -0.15) is 5.26 Å².